The molecule has 1 saturated carbocycles. The molecule has 0 spiro atoms. The van der Waals surface area contributed by atoms with Crippen molar-refractivity contribution in [1.82, 2.24) is 10.3 Å². The molecule has 2 atom stereocenters. The van der Waals surface area contributed by atoms with Gasteiger partial charge in [0.1, 0.15) is 0 Å². The highest BCUT2D eigenvalue weighted by Gasteiger charge is 2.37. The summed E-state index contributed by atoms with van der Waals surface area (Å²) in [4.78, 5) is 15.7. The zero-order valence-electron chi connectivity index (χ0n) is 13.2. The predicted octanol–water partition coefficient (Wildman–Crippen LogP) is 2.73. The smallest absolute Gasteiger partial charge is 0.224 e. The Morgan fingerprint density at radius 3 is 3.05 bits per heavy atom. The van der Waals surface area contributed by atoms with Gasteiger partial charge < -0.3 is 16.0 Å². The monoisotopic (exact) mass is 299 g/mol. The van der Waals surface area contributed by atoms with Gasteiger partial charge in [-0.15, -0.1) is 0 Å². The quantitative estimate of drug-likeness (QED) is 0.812. The van der Waals surface area contributed by atoms with Gasteiger partial charge in [-0.1, -0.05) is 31.0 Å². The topological polar surface area (TPSA) is 70.9 Å². The van der Waals surface area contributed by atoms with Gasteiger partial charge in [-0.25, -0.2) is 0 Å². The summed E-state index contributed by atoms with van der Waals surface area (Å²) in [5.41, 5.74) is 8.33. The van der Waals surface area contributed by atoms with Crippen LogP contribution in [0, 0.1) is 5.92 Å². The molecule has 4 nitrogen and oxygen atoms in total. The zero-order chi connectivity index (χ0) is 15.6. The number of H-pyrrole nitrogens is 1. The lowest BCUT2D eigenvalue weighted by molar-refractivity contribution is -0.128. The number of para-hydroxylation sites is 1. The van der Waals surface area contributed by atoms with Crippen molar-refractivity contribution in [1.29, 1.82) is 0 Å². The van der Waals surface area contributed by atoms with Crippen LogP contribution in [0.1, 0.15) is 38.2 Å². The Labute approximate surface area is 131 Å². The second-order valence-corrected chi connectivity index (χ2v) is 6.70. The number of hydrogen-bond acceptors (Lipinski definition) is 2. The van der Waals surface area contributed by atoms with Gasteiger partial charge in [-0.3, -0.25) is 4.79 Å². The minimum Gasteiger partial charge on any atom is -0.361 e. The van der Waals surface area contributed by atoms with E-state index in [0.29, 0.717) is 6.54 Å². The molecule has 1 fully saturated rings. The van der Waals surface area contributed by atoms with Crippen molar-refractivity contribution < 1.29 is 4.79 Å². The van der Waals surface area contributed by atoms with Crippen LogP contribution in [-0.2, 0) is 11.2 Å². The Kier molecular flexibility index (Phi) is 4.21. The van der Waals surface area contributed by atoms with Gasteiger partial charge in [0.2, 0.25) is 5.91 Å². The van der Waals surface area contributed by atoms with E-state index in [1.165, 1.54) is 10.9 Å². The normalized spacial score (nSPS) is 25.3. The van der Waals surface area contributed by atoms with E-state index < -0.39 is 0 Å². The summed E-state index contributed by atoms with van der Waals surface area (Å²) < 4.78 is 0. The van der Waals surface area contributed by atoms with Crippen LogP contribution in [0.5, 0.6) is 0 Å². The second kappa shape index (κ2) is 6.13. The van der Waals surface area contributed by atoms with Crippen molar-refractivity contribution in [2.45, 2.75) is 44.6 Å². The van der Waals surface area contributed by atoms with Crippen molar-refractivity contribution >= 4 is 16.8 Å². The molecule has 1 aliphatic rings. The number of fused-ring (bicyclic) bond motifs is 1. The third-order valence-electron chi connectivity index (χ3n) is 4.94. The number of rotatable bonds is 4. The number of carbonyl (C=O) groups excluding carboxylic acids is 1. The van der Waals surface area contributed by atoms with Gasteiger partial charge in [0.25, 0.3) is 0 Å². The van der Waals surface area contributed by atoms with E-state index in [9.17, 15) is 4.79 Å². The molecule has 1 heterocycles. The fraction of sp³-hybridized carbons (Fsp3) is 0.500. The molecule has 2 unspecified atom stereocenters. The number of benzene rings is 1. The highest BCUT2D eigenvalue weighted by atomic mass is 16.1. The van der Waals surface area contributed by atoms with Crippen molar-refractivity contribution in [3.8, 4) is 0 Å². The molecule has 0 bridgehead atoms. The molecule has 0 saturated heterocycles. The number of nitrogens with one attached hydrogen (secondary N) is 2. The van der Waals surface area contributed by atoms with Crippen molar-refractivity contribution in [2.24, 2.45) is 11.7 Å². The van der Waals surface area contributed by atoms with E-state index in [1.54, 1.807) is 0 Å². The molecule has 3 rings (SSSR count). The van der Waals surface area contributed by atoms with Gasteiger partial charge in [0, 0.05) is 29.2 Å². The summed E-state index contributed by atoms with van der Waals surface area (Å²) in [5, 5.41) is 4.31. The van der Waals surface area contributed by atoms with Crippen LogP contribution in [-0.4, -0.2) is 23.0 Å². The van der Waals surface area contributed by atoms with E-state index in [4.69, 9.17) is 5.73 Å². The molecule has 1 aromatic carbocycles. The molecule has 4 N–H and O–H groups in total. The molecule has 2 aromatic rings. The summed E-state index contributed by atoms with van der Waals surface area (Å²) in [7, 11) is 0. The highest BCUT2D eigenvalue weighted by molar-refractivity contribution is 5.83. The molecule has 22 heavy (non-hydrogen) atoms. The second-order valence-electron chi connectivity index (χ2n) is 6.70. The van der Waals surface area contributed by atoms with Crippen LogP contribution in [0.2, 0.25) is 0 Å². The Balaban J connectivity index is 1.57. The zero-order valence-corrected chi connectivity index (χ0v) is 13.2. The fourth-order valence-corrected chi connectivity index (χ4v) is 3.57. The number of nitrogens with two attached hydrogens (primary N) is 1. The van der Waals surface area contributed by atoms with Crippen LogP contribution in [0.3, 0.4) is 0 Å². The van der Waals surface area contributed by atoms with Gasteiger partial charge in [-0.2, -0.15) is 0 Å². The molecular formula is C18H25N3O. The first-order valence-corrected chi connectivity index (χ1v) is 8.19. The Morgan fingerprint density at radius 1 is 1.41 bits per heavy atom. The van der Waals surface area contributed by atoms with Gasteiger partial charge in [0.15, 0.2) is 0 Å². The van der Waals surface area contributed by atoms with Crippen LogP contribution in [0.4, 0.5) is 0 Å². The maximum Gasteiger partial charge on any atom is 0.224 e. The molecule has 1 aromatic heterocycles. The van der Waals surface area contributed by atoms with E-state index in [2.05, 4.69) is 22.4 Å². The average Bonchev–Trinajstić information content (AvgIpc) is 2.90. The predicted molar refractivity (Wildman–Crippen MR) is 89.6 cm³/mol. The van der Waals surface area contributed by atoms with Crippen molar-refractivity contribution in [2.75, 3.05) is 6.54 Å². The minimum absolute atomic E-state index is 0.0516. The third-order valence-corrected chi connectivity index (χ3v) is 4.94. The molecule has 0 aliphatic heterocycles. The SMILES string of the molecule is CC1(N)CCCCC1C(=O)NCCc1c[nH]c2ccccc12. The maximum absolute atomic E-state index is 12.4. The minimum atomic E-state index is -0.358. The summed E-state index contributed by atoms with van der Waals surface area (Å²) in [6, 6.07) is 8.25. The summed E-state index contributed by atoms with van der Waals surface area (Å²) in [6.45, 7) is 2.67. The van der Waals surface area contributed by atoms with Crippen LogP contribution < -0.4 is 11.1 Å². The van der Waals surface area contributed by atoms with Crippen molar-refractivity contribution in [3.05, 3.63) is 36.0 Å². The van der Waals surface area contributed by atoms with E-state index in [1.807, 2.05) is 25.3 Å². The number of amides is 1. The van der Waals surface area contributed by atoms with Crippen LogP contribution in [0.15, 0.2) is 30.5 Å². The molecule has 0 radical (unpaired) electrons. The fourth-order valence-electron chi connectivity index (χ4n) is 3.57. The first-order valence-electron chi connectivity index (χ1n) is 8.19. The lowest BCUT2D eigenvalue weighted by atomic mass is 9.74. The molecule has 118 valence electrons. The van der Waals surface area contributed by atoms with E-state index >= 15 is 0 Å². The van der Waals surface area contributed by atoms with Gasteiger partial charge >= 0.3 is 0 Å². The Bertz CT molecular complexity index is 659. The summed E-state index contributed by atoms with van der Waals surface area (Å²) in [6.07, 6.45) is 6.95. The molecular weight excluding hydrogens is 274 g/mol. The molecule has 1 aliphatic carbocycles. The lowest BCUT2D eigenvalue weighted by Crippen LogP contribution is -2.53. The first-order chi connectivity index (χ1) is 10.6. The first kappa shape index (κ1) is 15.1. The molecule has 1 amide bonds. The van der Waals surface area contributed by atoms with Gasteiger partial charge in [-0.05, 0) is 37.8 Å². The largest absolute Gasteiger partial charge is 0.361 e. The van der Waals surface area contributed by atoms with Gasteiger partial charge in [0.05, 0.1) is 5.92 Å². The maximum atomic E-state index is 12.4. The number of hydrogen-bond donors (Lipinski definition) is 3. The highest BCUT2D eigenvalue weighted by Crippen LogP contribution is 2.31. The Hall–Kier alpha value is -1.81. The average molecular weight is 299 g/mol. The summed E-state index contributed by atoms with van der Waals surface area (Å²) in [5.74, 6) is 0.0637. The van der Waals surface area contributed by atoms with E-state index in [-0.39, 0.29) is 17.4 Å². The number of aromatic nitrogens is 1. The van der Waals surface area contributed by atoms with Crippen LogP contribution in [0.25, 0.3) is 10.9 Å². The van der Waals surface area contributed by atoms with E-state index in [0.717, 1.165) is 37.6 Å². The lowest BCUT2D eigenvalue weighted by Gasteiger charge is -2.37. The number of carbonyl (C=O) groups is 1. The number of aromatic amines is 1. The van der Waals surface area contributed by atoms with Crippen molar-refractivity contribution in [3.63, 3.8) is 0 Å². The third kappa shape index (κ3) is 3.02. The molecule has 4 heteroatoms. The Morgan fingerprint density at radius 2 is 2.23 bits per heavy atom. The summed E-state index contributed by atoms with van der Waals surface area (Å²) >= 11 is 0. The van der Waals surface area contributed by atoms with Crippen LogP contribution >= 0.6 is 0 Å². The standard InChI is InChI=1S/C18H25N3O/c1-18(19)10-5-4-7-15(18)17(22)20-11-9-13-12-21-16-8-3-2-6-14(13)16/h2-3,6,8,12,15,21H,4-5,7,9-11,19H2,1H3,(H,20,22).